The number of nitrogens with zero attached hydrogens (tertiary/aromatic N) is 1. The van der Waals surface area contributed by atoms with Gasteiger partial charge in [0.1, 0.15) is 0 Å². The number of benzene rings is 3. The van der Waals surface area contributed by atoms with Gasteiger partial charge in [0.25, 0.3) is 0 Å². The number of rotatable bonds is 9. The molecular formula is C28H35N2O4P. The van der Waals surface area contributed by atoms with Gasteiger partial charge >= 0.3 is 7.75 Å². The summed E-state index contributed by atoms with van der Waals surface area (Å²) in [6, 6.07) is 25.7. The summed E-state index contributed by atoms with van der Waals surface area (Å²) in [5.41, 5.74) is 4.62. The van der Waals surface area contributed by atoms with E-state index in [1.165, 1.54) is 0 Å². The van der Waals surface area contributed by atoms with Gasteiger partial charge in [0.05, 0.1) is 37.8 Å². The first-order valence-electron chi connectivity index (χ1n) is 12.0. The first-order chi connectivity index (χ1) is 16.8. The number of hydrogen-bond acceptors (Lipinski definition) is 5. The largest absolute Gasteiger partial charge is 0.433 e. The van der Waals surface area contributed by atoms with E-state index < -0.39 is 7.75 Å². The molecule has 0 saturated carbocycles. The second-order valence-electron chi connectivity index (χ2n) is 9.71. The van der Waals surface area contributed by atoms with Crippen LogP contribution in [0.15, 0.2) is 78.9 Å². The smallest absolute Gasteiger partial charge is 0.378 e. The molecule has 0 aromatic heterocycles. The normalized spacial score (nSPS) is 14.7. The van der Waals surface area contributed by atoms with E-state index in [9.17, 15) is 4.57 Å². The summed E-state index contributed by atoms with van der Waals surface area (Å²) in [7, 11) is -3.73. The summed E-state index contributed by atoms with van der Waals surface area (Å²) in [4.78, 5) is 2.25. The summed E-state index contributed by atoms with van der Waals surface area (Å²) in [5, 5.41) is 3.20. The lowest BCUT2D eigenvalue weighted by Gasteiger charge is -2.32. The predicted octanol–water partition coefficient (Wildman–Crippen LogP) is 6.77. The molecule has 35 heavy (non-hydrogen) atoms. The molecule has 1 fully saturated rings. The van der Waals surface area contributed by atoms with E-state index in [1.807, 2.05) is 60.7 Å². The molecule has 1 N–H and O–H groups in total. The Bertz CT molecular complexity index is 1080. The van der Waals surface area contributed by atoms with E-state index in [2.05, 4.69) is 49.0 Å². The first-order valence-corrected chi connectivity index (χ1v) is 13.6. The van der Waals surface area contributed by atoms with Crippen molar-refractivity contribution in [3.8, 4) is 0 Å². The van der Waals surface area contributed by atoms with E-state index in [-0.39, 0.29) is 18.6 Å². The second kappa shape index (κ2) is 11.4. The van der Waals surface area contributed by atoms with Crippen LogP contribution in [-0.4, -0.2) is 26.3 Å². The minimum Gasteiger partial charge on any atom is -0.378 e. The van der Waals surface area contributed by atoms with Gasteiger partial charge in [0.2, 0.25) is 0 Å². The standard InChI is InChI=1S/C28H35N2O4P/c1-28(2,3)25-14-15-27(30-16-18-32-19-17-30)26(20-25)29-35(31,33-21-23-10-6-4-7-11-23)34-22-24-12-8-5-9-13-24/h4-15,20H,16-19,21-22H2,1-3H3,(H,29,31). The number of anilines is 2. The molecule has 6 nitrogen and oxygen atoms in total. The summed E-state index contributed by atoms with van der Waals surface area (Å²) in [6.45, 7) is 9.69. The van der Waals surface area contributed by atoms with Gasteiger partial charge in [-0.15, -0.1) is 0 Å². The fraction of sp³-hybridized carbons (Fsp3) is 0.357. The molecule has 0 radical (unpaired) electrons. The van der Waals surface area contributed by atoms with Gasteiger partial charge in [-0.05, 0) is 34.2 Å². The highest BCUT2D eigenvalue weighted by Crippen LogP contribution is 2.51. The summed E-state index contributed by atoms with van der Waals surface area (Å²) < 4.78 is 31.7. The van der Waals surface area contributed by atoms with Gasteiger partial charge in [0, 0.05) is 13.1 Å². The third-order valence-electron chi connectivity index (χ3n) is 5.96. The number of morpholine rings is 1. The Morgan fingerprint density at radius 3 is 1.91 bits per heavy atom. The van der Waals surface area contributed by atoms with Gasteiger partial charge in [-0.2, -0.15) is 0 Å². The lowest BCUT2D eigenvalue weighted by molar-refractivity contribution is 0.123. The zero-order chi connectivity index (χ0) is 24.7. The summed E-state index contributed by atoms with van der Waals surface area (Å²) >= 11 is 0. The van der Waals surface area contributed by atoms with Crippen LogP contribution in [0, 0.1) is 0 Å². The Morgan fingerprint density at radius 2 is 1.40 bits per heavy atom. The quantitative estimate of drug-likeness (QED) is 0.331. The van der Waals surface area contributed by atoms with Gasteiger partial charge in [0.15, 0.2) is 0 Å². The molecule has 0 spiro atoms. The molecule has 1 aliphatic heterocycles. The van der Waals surface area contributed by atoms with Crippen LogP contribution in [0.4, 0.5) is 11.4 Å². The Kier molecular flexibility index (Phi) is 8.30. The highest BCUT2D eigenvalue weighted by molar-refractivity contribution is 7.55. The molecule has 0 amide bonds. The predicted molar refractivity (Wildman–Crippen MR) is 142 cm³/mol. The van der Waals surface area contributed by atoms with Crippen molar-refractivity contribution < 1.29 is 18.3 Å². The average Bonchev–Trinajstić information content (AvgIpc) is 2.88. The molecule has 7 heteroatoms. The van der Waals surface area contributed by atoms with Crippen molar-refractivity contribution in [2.45, 2.75) is 39.4 Å². The highest BCUT2D eigenvalue weighted by atomic mass is 31.2. The van der Waals surface area contributed by atoms with Crippen molar-refractivity contribution >= 4 is 19.1 Å². The highest BCUT2D eigenvalue weighted by Gasteiger charge is 2.29. The van der Waals surface area contributed by atoms with Gasteiger partial charge in [-0.1, -0.05) is 87.5 Å². The maximum absolute atomic E-state index is 14.1. The van der Waals surface area contributed by atoms with Crippen molar-refractivity contribution in [3.63, 3.8) is 0 Å². The van der Waals surface area contributed by atoms with Crippen molar-refractivity contribution in [3.05, 3.63) is 95.6 Å². The molecule has 1 aliphatic rings. The molecule has 0 aliphatic carbocycles. The molecule has 0 unspecified atom stereocenters. The lowest BCUT2D eigenvalue weighted by atomic mass is 9.86. The molecule has 4 rings (SSSR count). The number of hydrogen-bond donors (Lipinski definition) is 1. The zero-order valence-corrected chi connectivity index (χ0v) is 21.7. The third kappa shape index (κ3) is 7.18. The molecular weight excluding hydrogens is 459 g/mol. The molecule has 0 atom stereocenters. The Morgan fingerprint density at radius 1 is 0.857 bits per heavy atom. The Hall–Kier alpha value is -2.63. The van der Waals surface area contributed by atoms with E-state index in [1.54, 1.807) is 0 Å². The van der Waals surface area contributed by atoms with Crippen LogP contribution < -0.4 is 9.99 Å². The fourth-order valence-corrected chi connectivity index (χ4v) is 5.20. The van der Waals surface area contributed by atoms with Crippen LogP contribution in [0.25, 0.3) is 0 Å². The molecule has 1 heterocycles. The first kappa shape index (κ1) is 25.5. The average molecular weight is 495 g/mol. The number of ether oxygens (including phenoxy) is 1. The van der Waals surface area contributed by atoms with Crippen LogP contribution in [0.2, 0.25) is 0 Å². The molecule has 1 saturated heterocycles. The Labute approximate surface area is 208 Å². The van der Waals surface area contributed by atoms with E-state index >= 15 is 0 Å². The maximum atomic E-state index is 14.1. The van der Waals surface area contributed by atoms with Crippen LogP contribution in [0.1, 0.15) is 37.5 Å². The van der Waals surface area contributed by atoms with Crippen molar-refractivity contribution in [1.82, 2.24) is 0 Å². The van der Waals surface area contributed by atoms with Crippen LogP contribution in [0.5, 0.6) is 0 Å². The van der Waals surface area contributed by atoms with E-state index in [0.29, 0.717) is 13.2 Å². The van der Waals surface area contributed by atoms with Crippen LogP contribution >= 0.6 is 7.75 Å². The summed E-state index contributed by atoms with van der Waals surface area (Å²) in [5.74, 6) is 0. The van der Waals surface area contributed by atoms with Crippen molar-refractivity contribution in [2.75, 3.05) is 36.3 Å². The fourth-order valence-electron chi connectivity index (χ4n) is 3.89. The maximum Gasteiger partial charge on any atom is 0.433 e. The third-order valence-corrected chi connectivity index (χ3v) is 7.41. The minimum atomic E-state index is -3.73. The topological polar surface area (TPSA) is 60.0 Å². The monoisotopic (exact) mass is 494 g/mol. The summed E-state index contributed by atoms with van der Waals surface area (Å²) in [6.07, 6.45) is 0. The SMILES string of the molecule is CC(C)(C)c1ccc(N2CCOCC2)c(NP(=O)(OCc2ccccc2)OCc2ccccc2)c1. The van der Waals surface area contributed by atoms with Gasteiger partial charge < -0.3 is 9.64 Å². The number of nitrogens with one attached hydrogen (secondary N) is 1. The molecule has 3 aromatic carbocycles. The molecule has 0 bridgehead atoms. The van der Waals surface area contributed by atoms with Gasteiger partial charge in [-0.25, -0.2) is 4.57 Å². The van der Waals surface area contributed by atoms with Crippen LogP contribution in [0.3, 0.4) is 0 Å². The van der Waals surface area contributed by atoms with Crippen LogP contribution in [-0.2, 0) is 37.0 Å². The van der Waals surface area contributed by atoms with Crippen molar-refractivity contribution in [2.24, 2.45) is 0 Å². The minimum absolute atomic E-state index is 0.0697. The lowest BCUT2D eigenvalue weighted by Crippen LogP contribution is -2.36. The molecule has 3 aromatic rings. The molecule has 186 valence electrons. The Balaban J connectivity index is 1.64. The van der Waals surface area contributed by atoms with Crippen molar-refractivity contribution in [1.29, 1.82) is 0 Å². The van der Waals surface area contributed by atoms with E-state index in [4.69, 9.17) is 13.8 Å². The van der Waals surface area contributed by atoms with Gasteiger partial charge in [-0.3, -0.25) is 14.1 Å². The second-order valence-corrected chi connectivity index (χ2v) is 11.4. The van der Waals surface area contributed by atoms with E-state index in [0.717, 1.165) is 41.2 Å². The zero-order valence-electron chi connectivity index (χ0n) is 20.8.